The monoisotopic (exact) mass is 424 g/mol. The summed E-state index contributed by atoms with van der Waals surface area (Å²) in [4.78, 5) is 24.6. The first-order chi connectivity index (χ1) is 12.6. The summed E-state index contributed by atoms with van der Waals surface area (Å²) in [5.41, 5.74) is 0.632. The minimum absolute atomic E-state index is 0. The molecule has 0 aliphatic heterocycles. The molecular weight excluding hydrogens is 410 g/mol. The topological polar surface area (TPSA) is 104 Å². The Morgan fingerprint density at radius 3 is 1.25 bits per heavy atom. The molecule has 0 saturated carbocycles. The van der Waals surface area contributed by atoms with E-state index in [1.165, 1.54) is 24.3 Å². The third kappa shape index (κ3) is 6.49. The Balaban J connectivity index is 0.00000196. The smallest absolute Gasteiger partial charge is 0.872 e. The SMILES string of the molecule is O=C(Nc1ccccc1NC(=O)c1ccccc1[O-])c1ccccc1[O-].[K+].[K+]. The Kier molecular flexibility index (Phi) is 11.1. The number of amides is 2. The number of hydrogen-bond donors (Lipinski definition) is 2. The molecule has 3 aromatic rings. The van der Waals surface area contributed by atoms with Crippen LogP contribution in [-0.4, -0.2) is 11.8 Å². The zero-order valence-corrected chi connectivity index (χ0v) is 21.8. The van der Waals surface area contributed by atoms with Crippen LogP contribution in [0.4, 0.5) is 11.4 Å². The van der Waals surface area contributed by atoms with E-state index in [9.17, 15) is 19.8 Å². The molecule has 0 heterocycles. The van der Waals surface area contributed by atoms with Crippen molar-refractivity contribution in [2.75, 3.05) is 10.6 Å². The summed E-state index contributed by atoms with van der Waals surface area (Å²) < 4.78 is 0. The second-order valence-corrected chi connectivity index (χ2v) is 5.45. The van der Waals surface area contributed by atoms with E-state index in [0.717, 1.165) is 0 Å². The van der Waals surface area contributed by atoms with Gasteiger partial charge in [-0.25, -0.2) is 0 Å². The molecule has 3 aromatic carbocycles. The number of hydrogen-bond acceptors (Lipinski definition) is 4. The van der Waals surface area contributed by atoms with Gasteiger partial charge >= 0.3 is 103 Å². The molecule has 0 saturated heterocycles. The van der Waals surface area contributed by atoms with Gasteiger partial charge in [0.05, 0.1) is 11.4 Å². The van der Waals surface area contributed by atoms with Crippen molar-refractivity contribution in [3.8, 4) is 11.5 Å². The number of anilines is 2. The molecule has 8 heteroatoms. The fourth-order valence-corrected chi connectivity index (χ4v) is 2.39. The third-order valence-corrected chi connectivity index (χ3v) is 3.69. The average Bonchev–Trinajstić information content (AvgIpc) is 2.64. The average molecular weight is 425 g/mol. The fourth-order valence-electron chi connectivity index (χ4n) is 2.39. The number of nitrogens with one attached hydrogen (secondary N) is 2. The predicted octanol–water partition coefficient (Wildman–Crippen LogP) is -3.65. The van der Waals surface area contributed by atoms with Crippen molar-refractivity contribution in [2.45, 2.75) is 0 Å². The molecule has 0 bridgehead atoms. The van der Waals surface area contributed by atoms with Gasteiger partial charge in [0.1, 0.15) is 0 Å². The van der Waals surface area contributed by atoms with Crippen LogP contribution >= 0.6 is 0 Å². The molecule has 0 spiro atoms. The van der Waals surface area contributed by atoms with Gasteiger partial charge in [-0.1, -0.05) is 72.2 Å². The summed E-state index contributed by atoms with van der Waals surface area (Å²) in [6.45, 7) is 0. The summed E-state index contributed by atoms with van der Waals surface area (Å²) in [5, 5.41) is 28.8. The maximum absolute atomic E-state index is 12.3. The van der Waals surface area contributed by atoms with Crippen molar-refractivity contribution in [2.24, 2.45) is 0 Å². The standard InChI is InChI=1S/C20H16N2O4.2K/c23-17-11-5-1-7-13(17)19(25)21-15-9-3-4-10-16(15)22-20(26)14-8-2-6-12-18(14)24;;/h1-12,23-24H,(H,21,25)(H,22,26);;/q;2*+1/p-2. The molecular formula is C20H14K2N2O4. The van der Waals surface area contributed by atoms with E-state index in [2.05, 4.69) is 10.6 Å². The molecule has 130 valence electrons. The van der Waals surface area contributed by atoms with Gasteiger partial charge in [-0.2, -0.15) is 0 Å². The van der Waals surface area contributed by atoms with Crippen LogP contribution in [0.2, 0.25) is 0 Å². The number of para-hydroxylation sites is 4. The van der Waals surface area contributed by atoms with Crippen molar-refractivity contribution >= 4 is 23.2 Å². The van der Waals surface area contributed by atoms with Gasteiger partial charge in [0.15, 0.2) is 0 Å². The minimum Gasteiger partial charge on any atom is -0.872 e. The number of carbonyl (C=O) groups excluding carboxylic acids is 2. The molecule has 2 N–H and O–H groups in total. The predicted molar refractivity (Wildman–Crippen MR) is 94.1 cm³/mol. The van der Waals surface area contributed by atoms with Crippen molar-refractivity contribution in [3.63, 3.8) is 0 Å². The van der Waals surface area contributed by atoms with Crippen LogP contribution in [0.3, 0.4) is 0 Å². The van der Waals surface area contributed by atoms with Crippen LogP contribution in [0.5, 0.6) is 11.5 Å². The van der Waals surface area contributed by atoms with E-state index < -0.39 is 23.3 Å². The Morgan fingerprint density at radius 2 is 0.893 bits per heavy atom. The van der Waals surface area contributed by atoms with Gasteiger partial charge in [-0.15, -0.1) is 0 Å². The van der Waals surface area contributed by atoms with E-state index in [1.54, 1.807) is 48.5 Å². The molecule has 0 aliphatic carbocycles. The molecule has 0 aliphatic rings. The van der Waals surface area contributed by atoms with E-state index in [0.29, 0.717) is 11.4 Å². The van der Waals surface area contributed by atoms with Crippen LogP contribution in [0.15, 0.2) is 72.8 Å². The molecule has 0 atom stereocenters. The molecule has 0 fully saturated rings. The second kappa shape index (κ2) is 12.2. The maximum Gasteiger partial charge on any atom is 1.00 e. The number of benzene rings is 3. The molecule has 3 rings (SSSR count). The van der Waals surface area contributed by atoms with E-state index in [1.807, 2.05) is 0 Å². The molecule has 0 aromatic heterocycles. The van der Waals surface area contributed by atoms with Crippen LogP contribution in [0.25, 0.3) is 0 Å². The summed E-state index contributed by atoms with van der Waals surface area (Å²) in [6.07, 6.45) is 0. The quantitative estimate of drug-likeness (QED) is 0.422. The molecule has 28 heavy (non-hydrogen) atoms. The van der Waals surface area contributed by atoms with Gasteiger partial charge < -0.3 is 20.8 Å². The first-order valence-corrected chi connectivity index (χ1v) is 7.80. The Bertz CT molecular complexity index is 901. The van der Waals surface area contributed by atoms with Crippen molar-refractivity contribution < 1.29 is 123 Å². The van der Waals surface area contributed by atoms with Crippen LogP contribution in [0.1, 0.15) is 20.7 Å². The number of rotatable bonds is 4. The minimum atomic E-state index is -0.582. The molecule has 0 unspecified atom stereocenters. The Morgan fingerprint density at radius 1 is 0.571 bits per heavy atom. The van der Waals surface area contributed by atoms with Gasteiger partial charge in [-0.05, 0) is 12.1 Å². The largest absolute Gasteiger partial charge is 1.00 e. The van der Waals surface area contributed by atoms with Crippen LogP contribution < -0.4 is 124 Å². The summed E-state index contributed by atoms with van der Waals surface area (Å²) in [5.74, 6) is -1.96. The molecule has 0 radical (unpaired) electrons. The second-order valence-electron chi connectivity index (χ2n) is 5.45. The Hall–Kier alpha value is -0.527. The van der Waals surface area contributed by atoms with Crippen molar-refractivity contribution in [3.05, 3.63) is 83.9 Å². The van der Waals surface area contributed by atoms with Gasteiger partial charge in [0.2, 0.25) is 0 Å². The number of carbonyl (C=O) groups is 2. The fraction of sp³-hybridized carbons (Fsp3) is 0. The van der Waals surface area contributed by atoms with Crippen LogP contribution in [-0.2, 0) is 0 Å². The van der Waals surface area contributed by atoms with Crippen LogP contribution in [0, 0.1) is 0 Å². The summed E-state index contributed by atoms with van der Waals surface area (Å²) in [7, 11) is 0. The summed E-state index contributed by atoms with van der Waals surface area (Å²) >= 11 is 0. The summed E-state index contributed by atoms with van der Waals surface area (Å²) in [6, 6.07) is 18.3. The Labute approximate surface area is 247 Å². The van der Waals surface area contributed by atoms with Gasteiger partial charge in [0, 0.05) is 11.1 Å². The van der Waals surface area contributed by atoms with E-state index in [4.69, 9.17) is 0 Å². The van der Waals surface area contributed by atoms with Crippen molar-refractivity contribution in [1.82, 2.24) is 0 Å². The van der Waals surface area contributed by atoms with E-state index in [-0.39, 0.29) is 114 Å². The van der Waals surface area contributed by atoms with Gasteiger partial charge in [-0.3, -0.25) is 9.59 Å². The molecule has 2 amide bonds. The van der Waals surface area contributed by atoms with Crippen molar-refractivity contribution in [1.29, 1.82) is 0 Å². The maximum atomic E-state index is 12.3. The first kappa shape index (κ1) is 25.5. The van der Waals surface area contributed by atoms with E-state index >= 15 is 0 Å². The normalized spacial score (nSPS) is 9.43. The molecule has 6 nitrogen and oxygen atoms in total. The zero-order valence-electron chi connectivity index (χ0n) is 15.6. The third-order valence-electron chi connectivity index (χ3n) is 3.69. The first-order valence-electron chi connectivity index (χ1n) is 7.80. The van der Waals surface area contributed by atoms with Gasteiger partial charge in [0.25, 0.3) is 11.8 Å². The zero-order chi connectivity index (χ0) is 18.5.